The van der Waals surface area contributed by atoms with Crippen molar-refractivity contribution in [1.29, 1.82) is 0 Å². The van der Waals surface area contributed by atoms with Crippen molar-refractivity contribution in [3.05, 3.63) is 17.8 Å². The molecule has 1 aliphatic carbocycles. The molecular formula is C19H27NO4S. The summed E-state index contributed by atoms with van der Waals surface area (Å²) >= 11 is 1.66. The number of aldehydes is 1. The molecule has 6 heteroatoms. The first-order chi connectivity index (χ1) is 12.0. The van der Waals surface area contributed by atoms with Crippen LogP contribution < -0.4 is 4.74 Å². The van der Waals surface area contributed by atoms with Gasteiger partial charge in [0.25, 0.3) is 0 Å². The normalized spacial score (nSPS) is 20.9. The summed E-state index contributed by atoms with van der Waals surface area (Å²) in [6.07, 6.45) is 6.02. The predicted octanol–water partition coefficient (Wildman–Crippen LogP) is 3.96. The topological polar surface area (TPSA) is 65.5 Å². The van der Waals surface area contributed by atoms with Crippen molar-refractivity contribution in [3.63, 3.8) is 0 Å². The fourth-order valence-electron chi connectivity index (χ4n) is 3.08. The molecule has 1 heterocycles. The number of pyridine rings is 1. The maximum Gasteiger partial charge on any atom is 0.309 e. The van der Waals surface area contributed by atoms with Gasteiger partial charge in [-0.3, -0.25) is 4.79 Å². The van der Waals surface area contributed by atoms with E-state index in [0.29, 0.717) is 12.3 Å². The Bertz CT molecular complexity index is 593. The molecule has 0 bridgehead atoms. The summed E-state index contributed by atoms with van der Waals surface area (Å²) in [4.78, 5) is 27.9. The number of hydrogen-bond acceptors (Lipinski definition) is 6. The van der Waals surface area contributed by atoms with Crippen LogP contribution in [0.3, 0.4) is 0 Å². The van der Waals surface area contributed by atoms with Gasteiger partial charge >= 0.3 is 5.97 Å². The number of hydrogen-bond donors (Lipinski definition) is 0. The van der Waals surface area contributed by atoms with E-state index in [0.717, 1.165) is 49.0 Å². The SMILES string of the molecule is COC(=O)C1CCCC1Sc1ccc(C)nc1O[C@H](C)CCCC=O. The van der Waals surface area contributed by atoms with Crippen molar-refractivity contribution in [2.45, 2.75) is 68.6 Å². The van der Waals surface area contributed by atoms with E-state index in [1.54, 1.807) is 11.8 Å². The Labute approximate surface area is 153 Å². The molecule has 5 nitrogen and oxygen atoms in total. The molecule has 0 radical (unpaired) electrons. The summed E-state index contributed by atoms with van der Waals surface area (Å²) in [5.41, 5.74) is 0.899. The number of aromatic nitrogens is 1. The fourth-order valence-corrected chi connectivity index (χ4v) is 4.45. The van der Waals surface area contributed by atoms with Gasteiger partial charge in [0.15, 0.2) is 0 Å². The lowest BCUT2D eigenvalue weighted by Gasteiger charge is -2.20. The fraction of sp³-hybridized carbons (Fsp3) is 0.632. The van der Waals surface area contributed by atoms with Gasteiger partial charge < -0.3 is 14.3 Å². The number of methoxy groups -OCH3 is 1. The van der Waals surface area contributed by atoms with E-state index < -0.39 is 0 Å². The van der Waals surface area contributed by atoms with Gasteiger partial charge in [-0.05, 0) is 51.7 Å². The van der Waals surface area contributed by atoms with Crippen molar-refractivity contribution >= 4 is 24.0 Å². The molecule has 0 spiro atoms. The predicted molar refractivity (Wildman–Crippen MR) is 98.0 cm³/mol. The molecule has 0 amide bonds. The summed E-state index contributed by atoms with van der Waals surface area (Å²) in [6, 6.07) is 3.99. The van der Waals surface area contributed by atoms with Crippen molar-refractivity contribution in [3.8, 4) is 5.88 Å². The summed E-state index contributed by atoms with van der Waals surface area (Å²) in [5.74, 6) is 0.438. The molecular weight excluding hydrogens is 338 g/mol. The minimum Gasteiger partial charge on any atom is -0.474 e. The van der Waals surface area contributed by atoms with E-state index in [1.165, 1.54) is 7.11 Å². The summed E-state index contributed by atoms with van der Waals surface area (Å²) < 4.78 is 11.0. The van der Waals surface area contributed by atoms with E-state index in [9.17, 15) is 9.59 Å². The quantitative estimate of drug-likeness (QED) is 0.375. The second-order valence-electron chi connectivity index (χ2n) is 6.50. The average Bonchev–Trinajstić information content (AvgIpc) is 3.05. The molecule has 3 atom stereocenters. The Kier molecular flexibility index (Phi) is 7.75. The first kappa shape index (κ1) is 19.8. The monoisotopic (exact) mass is 365 g/mol. The number of aryl methyl sites for hydroxylation is 1. The first-order valence-corrected chi connectivity index (χ1v) is 9.75. The van der Waals surface area contributed by atoms with Crippen LogP contribution in [0, 0.1) is 12.8 Å². The molecule has 0 N–H and O–H groups in total. The summed E-state index contributed by atoms with van der Waals surface area (Å²) in [5, 5.41) is 0.199. The zero-order valence-corrected chi connectivity index (χ0v) is 16.0. The standard InChI is InChI=1S/C19H27NO4S/c1-13-10-11-17(18(20-13)24-14(2)7-4-5-12-21)25-16-9-6-8-15(16)19(22)23-3/h10-12,14-16H,4-9H2,1-3H3/t14-,15?,16?/m1/s1. The van der Waals surface area contributed by atoms with Crippen LogP contribution in [0.1, 0.15) is 51.1 Å². The van der Waals surface area contributed by atoms with E-state index in [4.69, 9.17) is 9.47 Å². The van der Waals surface area contributed by atoms with Crippen molar-refractivity contribution in [2.75, 3.05) is 7.11 Å². The minimum absolute atomic E-state index is 0.00594. The molecule has 138 valence electrons. The van der Waals surface area contributed by atoms with Crippen LogP contribution in [0.4, 0.5) is 0 Å². The third kappa shape index (κ3) is 5.73. The van der Waals surface area contributed by atoms with Crippen LogP contribution in [0.25, 0.3) is 0 Å². The number of unbranched alkanes of at least 4 members (excludes halogenated alkanes) is 1. The molecule has 1 aliphatic rings. The van der Waals surface area contributed by atoms with Crippen LogP contribution in [0.15, 0.2) is 17.0 Å². The molecule has 0 saturated heterocycles. The second kappa shape index (κ2) is 9.80. The lowest BCUT2D eigenvalue weighted by molar-refractivity contribution is -0.144. The highest BCUT2D eigenvalue weighted by atomic mass is 32.2. The Morgan fingerprint density at radius 2 is 2.24 bits per heavy atom. The zero-order valence-electron chi connectivity index (χ0n) is 15.2. The first-order valence-electron chi connectivity index (χ1n) is 8.87. The smallest absolute Gasteiger partial charge is 0.309 e. The molecule has 2 unspecified atom stereocenters. The Morgan fingerprint density at radius 3 is 2.96 bits per heavy atom. The van der Waals surface area contributed by atoms with Gasteiger partial charge in [-0.25, -0.2) is 4.98 Å². The molecule has 2 rings (SSSR count). The lowest BCUT2D eigenvalue weighted by Crippen LogP contribution is -2.22. The Hall–Kier alpha value is -1.56. The molecule has 0 aromatic carbocycles. The molecule has 25 heavy (non-hydrogen) atoms. The van der Waals surface area contributed by atoms with E-state index >= 15 is 0 Å². The van der Waals surface area contributed by atoms with Crippen molar-refractivity contribution in [2.24, 2.45) is 5.92 Å². The highest BCUT2D eigenvalue weighted by Crippen LogP contribution is 2.42. The van der Waals surface area contributed by atoms with Gasteiger partial charge in [-0.2, -0.15) is 0 Å². The van der Waals surface area contributed by atoms with Crippen LogP contribution in [-0.2, 0) is 14.3 Å². The van der Waals surface area contributed by atoms with Gasteiger partial charge in [0.1, 0.15) is 6.29 Å². The maximum absolute atomic E-state index is 12.0. The van der Waals surface area contributed by atoms with Gasteiger partial charge in [-0.15, -0.1) is 11.8 Å². The second-order valence-corrected chi connectivity index (χ2v) is 7.78. The van der Waals surface area contributed by atoms with Crippen LogP contribution in [0.5, 0.6) is 5.88 Å². The Morgan fingerprint density at radius 1 is 1.44 bits per heavy atom. The number of carbonyl (C=O) groups excluding carboxylic acids is 2. The maximum atomic E-state index is 12.0. The van der Waals surface area contributed by atoms with Gasteiger partial charge in [-0.1, -0.05) is 6.42 Å². The number of ether oxygens (including phenoxy) is 2. The number of esters is 1. The summed E-state index contributed by atoms with van der Waals surface area (Å²) in [7, 11) is 1.45. The third-order valence-electron chi connectivity index (χ3n) is 4.44. The van der Waals surface area contributed by atoms with E-state index in [-0.39, 0.29) is 23.2 Å². The van der Waals surface area contributed by atoms with Gasteiger partial charge in [0.2, 0.25) is 5.88 Å². The third-order valence-corrected chi connectivity index (χ3v) is 5.88. The highest BCUT2D eigenvalue weighted by Gasteiger charge is 2.35. The van der Waals surface area contributed by atoms with Crippen LogP contribution in [0.2, 0.25) is 0 Å². The molecule has 1 aromatic rings. The molecule has 1 saturated carbocycles. The minimum atomic E-state index is -0.125. The molecule has 1 aromatic heterocycles. The average molecular weight is 365 g/mol. The molecule has 0 aliphatic heterocycles. The largest absolute Gasteiger partial charge is 0.474 e. The Balaban J connectivity index is 2.07. The summed E-state index contributed by atoms with van der Waals surface area (Å²) in [6.45, 7) is 3.93. The van der Waals surface area contributed by atoms with Gasteiger partial charge in [0.05, 0.1) is 24.0 Å². The van der Waals surface area contributed by atoms with E-state index in [1.807, 2.05) is 26.0 Å². The molecule has 1 fully saturated rings. The van der Waals surface area contributed by atoms with Crippen LogP contribution in [-0.4, -0.2) is 35.7 Å². The number of nitrogens with zero attached hydrogens (tertiary/aromatic N) is 1. The zero-order chi connectivity index (χ0) is 18.2. The highest BCUT2D eigenvalue weighted by molar-refractivity contribution is 8.00. The van der Waals surface area contributed by atoms with Crippen molar-refractivity contribution < 1.29 is 19.1 Å². The van der Waals surface area contributed by atoms with Crippen molar-refractivity contribution in [1.82, 2.24) is 4.98 Å². The number of thioether (sulfide) groups is 1. The van der Waals surface area contributed by atoms with Crippen LogP contribution >= 0.6 is 11.8 Å². The number of rotatable bonds is 9. The van der Waals surface area contributed by atoms with E-state index in [2.05, 4.69) is 4.98 Å². The number of carbonyl (C=O) groups is 2. The lowest BCUT2D eigenvalue weighted by atomic mass is 10.1. The van der Waals surface area contributed by atoms with Gasteiger partial charge in [0, 0.05) is 17.4 Å².